The van der Waals surface area contributed by atoms with Gasteiger partial charge in [0.25, 0.3) is 0 Å². The van der Waals surface area contributed by atoms with Gasteiger partial charge in [0, 0.05) is 17.1 Å². The molecule has 2 nitrogen and oxygen atoms in total. The van der Waals surface area contributed by atoms with Crippen molar-refractivity contribution in [1.82, 2.24) is 0 Å². The molecule has 0 N–H and O–H groups in total. The third-order valence-electron chi connectivity index (χ3n) is 2.42. The van der Waals surface area contributed by atoms with Gasteiger partial charge in [-0.15, -0.1) is 0 Å². The minimum Gasteiger partial charge on any atom is -0.294 e. The molecule has 0 aliphatic heterocycles. The largest absolute Gasteiger partial charge is 0.450 e. The van der Waals surface area contributed by atoms with Crippen LogP contribution in [0.1, 0.15) is 19.3 Å². The Kier molecular flexibility index (Phi) is 8.11. The molecule has 0 aromatic rings. The summed E-state index contributed by atoms with van der Waals surface area (Å²) in [6, 6.07) is 0. The summed E-state index contributed by atoms with van der Waals surface area (Å²) in [7, 11) is 0. The maximum atomic E-state index is 11.8. The van der Waals surface area contributed by atoms with Gasteiger partial charge >= 0.3 is 6.18 Å². The Hall–Kier alpha value is -1.39. The minimum atomic E-state index is -4.91. The smallest absolute Gasteiger partial charge is 0.294 e. The van der Waals surface area contributed by atoms with Crippen molar-refractivity contribution in [2.45, 2.75) is 25.4 Å². The summed E-state index contributed by atoms with van der Waals surface area (Å²) < 4.78 is 35.3. The quantitative estimate of drug-likeness (QED) is 0.588. The fourth-order valence-electron chi connectivity index (χ4n) is 1.41. The molecule has 20 heavy (non-hydrogen) atoms. The van der Waals surface area contributed by atoms with Gasteiger partial charge in [-0.25, -0.2) is 0 Å². The first-order chi connectivity index (χ1) is 8.91. The second-order valence-corrected chi connectivity index (χ2v) is 3.94. The number of carbonyl (C=O) groups is 2. The van der Waals surface area contributed by atoms with E-state index in [4.69, 9.17) is 0 Å². The molecule has 0 fully saturated rings. The van der Waals surface area contributed by atoms with Crippen molar-refractivity contribution in [3.63, 3.8) is 0 Å². The molecule has 0 saturated heterocycles. The number of hydrogen-bond acceptors (Lipinski definition) is 2. The summed E-state index contributed by atoms with van der Waals surface area (Å²) in [5.74, 6) is -2.74. The number of Topliss-reactive ketones (excluding diaryl/α,β-unsaturated/α-hetero) is 2. The summed E-state index contributed by atoms with van der Waals surface area (Å²) in [6.07, 6.45) is 8.45. The van der Waals surface area contributed by atoms with Crippen LogP contribution in [-0.2, 0) is 26.7 Å². The molecule has 0 bridgehead atoms. The number of allylic oxidation sites excluding steroid dienone is 8. The van der Waals surface area contributed by atoms with Crippen LogP contribution in [0.5, 0.6) is 0 Å². The molecule has 0 heterocycles. The molecule has 0 atom stereocenters. The zero-order chi connectivity index (χ0) is 14.3. The van der Waals surface area contributed by atoms with E-state index < -0.39 is 24.2 Å². The molecule has 2 aliphatic carbocycles. The fraction of sp³-hybridized carbons (Fsp3) is 0.286. The van der Waals surface area contributed by atoms with E-state index in [0.717, 1.165) is 6.42 Å². The predicted octanol–water partition coefficient (Wildman–Crippen LogP) is 3.46. The van der Waals surface area contributed by atoms with E-state index in [0.29, 0.717) is 6.42 Å². The first-order valence-electron chi connectivity index (χ1n) is 5.72. The SMILES string of the molecule is C1=CCC=C1.O=C(CC(=O)C(F)(F)F)C1=CC=CC1.[Fe]. The Labute approximate surface area is 125 Å². The van der Waals surface area contributed by atoms with Crippen molar-refractivity contribution >= 4 is 11.6 Å². The number of carbonyl (C=O) groups excluding carboxylic acids is 2. The first-order valence-corrected chi connectivity index (χ1v) is 5.72. The van der Waals surface area contributed by atoms with Crippen LogP contribution in [0.2, 0.25) is 0 Å². The fourth-order valence-corrected chi connectivity index (χ4v) is 1.41. The van der Waals surface area contributed by atoms with E-state index in [9.17, 15) is 22.8 Å². The number of hydrogen-bond donors (Lipinski definition) is 0. The molecule has 0 spiro atoms. The van der Waals surface area contributed by atoms with Gasteiger partial charge in [0.1, 0.15) is 0 Å². The number of rotatable bonds is 3. The van der Waals surface area contributed by atoms with Gasteiger partial charge in [0.05, 0.1) is 6.42 Å². The predicted molar refractivity (Wildman–Crippen MR) is 65.4 cm³/mol. The van der Waals surface area contributed by atoms with Crippen LogP contribution in [0.4, 0.5) is 13.2 Å². The number of halogens is 3. The van der Waals surface area contributed by atoms with Crippen molar-refractivity contribution < 1.29 is 39.8 Å². The van der Waals surface area contributed by atoms with Crippen molar-refractivity contribution in [3.05, 3.63) is 48.1 Å². The summed E-state index contributed by atoms with van der Waals surface area (Å²) in [4.78, 5) is 21.5. The molecule has 110 valence electrons. The van der Waals surface area contributed by atoms with Crippen LogP contribution in [0.25, 0.3) is 0 Å². The molecule has 2 aliphatic rings. The van der Waals surface area contributed by atoms with Crippen LogP contribution in [0.3, 0.4) is 0 Å². The summed E-state index contributed by atoms with van der Waals surface area (Å²) >= 11 is 0. The molecule has 0 aromatic heterocycles. The van der Waals surface area contributed by atoms with Crippen molar-refractivity contribution in [2.75, 3.05) is 0 Å². The Balaban J connectivity index is 0.000000507. The average molecular weight is 326 g/mol. The van der Waals surface area contributed by atoms with Gasteiger partial charge in [-0.1, -0.05) is 42.5 Å². The third kappa shape index (κ3) is 6.68. The number of ketones is 2. The molecule has 6 heteroatoms. The standard InChI is InChI=1S/C9H7F3O2.C5H6.Fe/c10-9(11,12)8(14)5-7(13)6-3-1-2-4-6;1-2-4-5-3-1;/h1-3H,4-5H2;1-4H,5H2;. The summed E-state index contributed by atoms with van der Waals surface area (Å²) in [5, 5.41) is 0. The molecule has 0 unspecified atom stereocenters. The Bertz CT molecular complexity index is 461. The normalized spacial score (nSPS) is 15.2. The Morgan fingerprint density at radius 3 is 2.00 bits per heavy atom. The van der Waals surface area contributed by atoms with Crippen molar-refractivity contribution in [2.24, 2.45) is 0 Å². The van der Waals surface area contributed by atoms with Crippen LogP contribution < -0.4 is 0 Å². The molecular formula is C14H13F3FeO2. The van der Waals surface area contributed by atoms with E-state index in [1.54, 1.807) is 12.2 Å². The van der Waals surface area contributed by atoms with E-state index in [1.807, 2.05) is 0 Å². The van der Waals surface area contributed by atoms with Crippen LogP contribution in [0.15, 0.2) is 48.1 Å². The van der Waals surface area contributed by atoms with Crippen LogP contribution in [0, 0.1) is 0 Å². The third-order valence-corrected chi connectivity index (χ3v) is 2.42. The maximum absolute atomic E-state index is 11.8. The first kappa shape index (κ1) is 18.6. The summed E-state index contributed by atoms with van der Waals surface area (Å²) in [6.45, 7) is 0. The van der Waals surface area contributed by atoms with Gasteiger partial charge in [0.15, 0.2) is 5.78 Å². The van der Waals surface area contributed by atoms with E-state index in [2.05, 4.69) is 24.3 Å². The molecule has 0 aromatic carbocycles. The zero-order valence-corrected chi connectivity index (χ0v) is 11.6. The average Bonchev–Trinajstić information content (AvgIpc) is 3.04. The molecular weight excluding hydrogens is 313 g/mol. The topological polar surface area (TPSA) is 34.1 Å². The van der Waals surface area contributed by atoms with Gasteiger partial charge in [-0.3, -0.25) is 9.59 Å². The minimum absolute atomic E-state index is 0. The van der Waals surface area contributed by atoms with Crippen LogP contribution >= 0.6 is 0 Å². The molecule has 0 saturated carbocycles. The van der Waals surface area contributed by atoms with Crippen molar-refractivity contribution in [1.29, 1.82) is 0 Å². The van der Waals surface area contributed by atoms with Gasteiger partial charge in [0.2, 0.25) is 5.78 Å². The molecule has 2 rings (SSSR count). The van der Waals surface area contributed by atoms with Gasteiger partial charge in [-0.05, 0) is 18.4 Å². The Morgan fingerprint density at radius 2 is 1.65 bits per heavy atom. The zero-order valence-electron chi connectivity index (χ0n) is 10.5. The molecule has 0 radical (unpaired) electrons. The summed E-state index contributed by atoms with van der Waals surface area (Å²) in [5.41, 5.74) is 0.252. The van der Waals surface area contributed by atoms with Crippen molar-refractivity contribution in [3.8, 4) is 0 Å². The monoisotopic (exact) mass is 326 g/mol. The maximum Gasteiger partial charge on any atom is 0.450 e. The van der Waals surface area contributed by atoms with Crippen LogP contribution in [-0.4, -0.2) is 17.7 Å². The van der Waals surface area contributed by atoms with E-state index in [-0.39, 0.29) is 22.6 Å². The Morgan fingerprint density at radius 1 is 1.05 bits per heavy atom. The van der Waals surface area contributed by atoms with Gasteiger partial charge in [-0.2, -0.15) is 13.2 Å². The second-order valence-electron chi connectivity index (χ2n) is 3.94. The van der Waals surface area contributed by atoms with Gasteiger partial charge < -0.3 is 0 Å². The number of alkyl halides is 3. The van der Waals surface area contributed by atoms with E-state index in [1.165, 1.54) is 6.08 Å². The van der Waals surface area contributed by atoms with E-state index >= 15 is 0 Å². The molecule has 0 amide bonds. The second kappa shape index (κ2) is 8.72.